The van der Waals surface area contributed by atoms with Gasteiger partial charge in [0.05, 0.1) is 10.9 Å². The summed E-state index contributed by atoms with van der Waals surface area (Å²) in [6.07, 6.45) is 3.14. The van der Waals surface area contributed by atoms with Gasteiger partial charge in [0, 0.05) is 45.7 Å². The molecule has 31 heavy (non-hydrogen) atoms. The van der Waals surface area contributed by atoms with Crippen molar-refractivity contribution in [1.29, 1.82) is 0 Å². The highest BCUT2D eigenvalue weighted by atomic mass is 32.1. The summed E-state index contributed by atoms with van der Waals surface area (Å²) < 4.78 is 2.09. The van der Waals surface area contributed by atoms with Crippen LogP contribution < -0.4 is 5.56 Å². The van der Waals surface area contributed by atoms with Crippen LogP contribution in [-0.2, 0) is 17.9 Å². The first-order valence-electron chi connectivity index (χ1n) is 10.8. The minimum atomic E-state index is -0.0456. The molecule has 1 aromatic carbocycles. The average molecular weight is 457 g/mol. The third-order valence-electron chi connectivity index (χ3n) is 5.87. The summed E-state index contributed by atoms with van der Waals surface area (Å²) in [6, 6.07) is 9.60. The number of carbonyl (C=O) groups excluding carboxylic acids is 1. The molecule has 3 aromatic rings. The normalized spacial score (nSPS) is 14.9. The van der Waals surface area contributed by atoms with E-state index in [0.717, 1.165) is 57.5 Å². The van der Waals surface area contributed by atoms with E-state index in [4.69, 9.17) is 12.2 Å². The molecule has 6 nitrogen and oxygen atoms in total. The number of nitrogens with one attached hydrogen (secondary N) is 1. The lowest BCUT2D eigenvalue weighted by molar-refractivity contribution is -0.133. The minimum absolute atomic E-state index is 0.0456. The largest absolute Gasteiger partial charge is 0.340 e. The van der Waals surface area contributed by atoms with E-state index in [1.165, 1.54) is 5.56 Å². The fraction of sp³-hybridized carbons (Fsp3) is 0.435. The van der Waals surface area contributed by atoms with Gasteiger partial charge in [-0.05, 0) is 59.6 Å². The molecule has 1 N–H and O–H groups in total. The Hall–Kier alpha value is -2.29. The van der Waals surface area contributed by atoms with Crippen molar-refractivity contribution >= 4 is 40.4 Å². The third kappa shape index (κ3) is 5.50. The number of nitrogens with zero attached hydrogens (tertiary/aromatic N) is 3. The Morgan fingerprint density at radius 3 is 2.65 bits per heavy atom. The SMILES string of the molecule is O=C(CCCCCn1c(=S)[nH]c2ccccc2c1=O)N1CCN(Cc2ccsc2)CC1. The Morgan fingerprint density at radius 1 is 1.06 bits per heavy atom. The van der Waals surface area contributed by atoms with Gasteiger partial charge in [0.25, 0.3) is 5.56 Å². The molecule has 4 rings (SSSR count). The summed E-state index contributed by atoms with van der Waals surface area (Å²) in [5.41, 5.74) is 2.08. The highest BCUT2D eigenvalue weighted by molar-refractivity contribution is 7.71. The van der Waals surface area contributed by atoms with Crippen LogP contribution in [-0.4, -0.2) is 51.4 Å². The Balaban J connectivity index is 1.19. The quantitative estimate of drug-likeness (QED) is 0.411. The zero-order valence-corrected chi connectivity index (χ0v) is 19.2. The van der Waals surface area contributed by atoms with E-state index < -0.39 is 0 Å². The zero-order valence-electron chi connectivity index (χ0n) is 17.6. The van der Waals surface area contributed by atoms with Gasteiger partial charge in [0.1, 0.15) is 0 Å². The van der Waals surface area contributed by atoms with E-state index in [-0.39, 0.29) is 11.5 Å². The third-order valence-corrected chi connectivity index (χ3v) is 6.93. The fourth-order valence-corrected chi connectivity index (χ4v) is 5.02. The minimum Gasteiger partial charge on any atom is -0.340 e. The van der Waals surface area contributed by atoms with Crippen molar-refractivity contribution in [3.05, 3.63) is 61.8 Å². The number of hydrogen-bond acceptors (Lipinski definition) is 5. The van der Waals surface area contributed by atoms with E-state index in [9.17, 15) is 9.59 Å². The van der Waals surface area contributed by atoms with Gasteiger partial charge in [-0.25, -0.2) is 0 Å². The molecule has 1 aliphatic rings. The van der Waals surface area contributed by atoms with Crippen LogP contribution in [0.2, 0.25) is 0 Å². The predicted octanol–water partition coefficient (Wildman–Crippen LogP) is 4.03. The summed E-state index contributed by atoms with van der Waals surface area (Å²) in [5, 5.41) is 4.96. The standard InChI is InChI=1S/C23H28N4O2S2/c28-21(26-13-11-25(12-14-26)16-18-9-15-31-17-18)8-2-1-5-10-27-22(29)19-6-3-4-7-20(19)24-23(27)30/h3-4,6-7,9,15,17H,1-2,5,8,10-14,16H2,(H,24,30). The van der Waals surface area contributed by atoms with Crippen molar-refractivity contribution in [3.8, 4) is 0 Å². The molecule has 1 saturated heterocycles. The molecule has 3 heterocycles. The van der Waals surface area contributed by atoms with Crippen molar-refractivity contribution in [2.24, 2.45) is 0 Å². The number of amides is 1. The highest BCUT2D eigenvalue weighted by Gasteiger charge is 2.20. The maximum Gasteiger partial charge on any atom is 0.262 e. The van der Waals surface area contributed by atoms with Gasteiger partial charge in [-0.15, -0.1) is 0 Å². The first kappa shape index (κ1) is 21.9. The number of thiophene rings is 1. The number of carbonyl (C=O) groups is 1. The summed E-state index contributed by atoms with van der Waals surface area (Å²) in [6.45, 7) is 5.04. The van der Waals surface area contributed by atoms with Crippen LogP contribution in [0.5, 0.6) is 0 Å². The number of H-pyrrole nitrogens is 1. The molecule has 0 radical (unpaired) electrons. The molecular formula is C23H28N4O2S2. The lowest BCUT2D eigenvalue weighted by Gasteiger charge is -2.34. The fourth-order valence-electron chi connectivity index (χ4n) is 4.08. The highest BCUT2D eigenvalue weighted by Crippen LogP contribution is 2.13. The van der Waals surface area contributed by atoms with Crippen LogP contribution in [0.1, 0.15) is 31.2 Å². The molecule has 1 amide bonds. The number of benzene rings is 1. The van der Waals surface area contributed by atoms with E-state index in [1.54, 1.807) is 15.9 Å². The summed E-state index contributed by atoms with van der Waals surface area (Å²) in [5.74, 6) is 0.246. The van der Waals surface area contributed by atoms with Gasteiger partial charge in [-0.3, -0.25) is 19.1 Å². The van der Waals surface area contributed by atoms with Gasteiger partial charge < -0.3 is 9.88 Å². The van der Waals surface area contributed by atoms with Crippen LogP contribution in [0, 0.1) is 4.77 Å². The van der Waals surface area contributed by atoms with Crippen molar-refractivity contribution in [2.45, 2.75) is 38.8 Å². The Morgan fingerprint density at radius 2 is 1.87 bits per heavy atom. The smallest absolute Gasteiger partial charge is 0.262 e. The zero-order chi connectivity index (χ0) is 21.6. The van der Waals surface area contributed by atoms with Gasteiger partial charge in [0.2, 0.25) is 5.91 Å². The summed E-state index contributed by atoms with van der Waals surface area (Å²) in [7, 11) is 0. The Bertz CT molecular complexity index is 1130. The second kappa shape index (κ2) is 10.3. The maximum atomic E-state index is 12.7. The second-order valence-corrected chi connectivity index (χ2v) is 9.20. The van der Waals surface area contributed by atoms with Gasteiger partial charge >= 0.3 is 0 Å². The Kier molecular flexibility index (Phi) is 7.32. The van der Waals surface area contributed by atoms with E-state index in [0.29, 0.717) is 23.1 Å². The van der Waals surface area contributed by atoms with Gasteiger partial charge in [0.15, 0.2) is 4.77 Å². The van der Waals surface area contributed by atoms with Crippen molar-refractivity contribution in [3.63, 3.8) is 0 Å². The van der Waals surface area contributed by atoms with E-state index in [2.05, 4.69) is 26.7 Å². The monoisotopic (exact) mass is 456 g/mol. The van der Waals surface area contributed by atoms with E-state index in [1.807, 2.05) is 29.2 Å². The molecule has 0 saturated carbocycles. The molecule has 164 valence electrons. The average Bonchev–Trinajstić information content (AvgIpc) is 3.29. The number of rotatable bonds is 8. The van der Waals surface area contributed by atoms with Crippen molar-refractivity contribution < 1.29 is 4.79 Å². The van der Waals surface area contributed by atoms with Crippen LogP contribution >= 0.6 is 23.6 Å². The molecule has 0 unspecified atom stereocenters. The molecule has 0 atom stereocenters. The molecule has 1 fully saturated rings. The summed E-state index contributed by atoms with van der Waals surface area (Å²) >= 11 is 7.09. The topological polar surface area (TPSA) is 61.3 Å². The molecular weight excluding hydrogens is 428 g/mol. The predicted molar refractivity (Wildman–Crippen MR) is 128 cm³/mol. The number of para-hydroxylation sites is 1. The van der Waals surface area contributed by atoms with Crippen LogP contribution in [0.3, 0.4) is 0 Å². The van der Waals surface area contributed by atoms with Gasteiger partial charge in [-0.2, -0.15) is 11.3 Å². The number of piperazine rings is 1. The van der Waals surface area contributed by atoms with Crippen molar-refractivity contribution in [2.75, 3.05) is 26.2 Å². The first-order valence-corrected chi connectivity index (χ1v) is 12.2. The lowest BCUT2D eigenvalue weighted by Crippen LogP contribution is -2.48. The maximum absolute atomic E-state index is 12.7. The molecule has 2 aromatic heterocycles. The van der Waals surface area contributed by atoms with Gasteiger partial charge in [-0.1, -0.05) is 18.6 Å². The van der Waals surface area contributed by atoms with Crippen LogP contribution in [0.15, 0.2) is 45.9 Å². The molecule has 0 aliphatic carbocycles. The lowest BCUT2D eigenvalue weighted by atomic mass is 10.1. The van der Waals surface area contributed by atoms with Crippen molar-refractivity contribution in [1.82, 2.24) is 19.4 Å². The number of unbranched alkanes of at least 4 members (excludes halogenated alkanes) is 2. The number of fused-ring (bicyclic) bond motifs is 1. The molecule has 1 aliphatic heterocycles. The second-order valence-electron chi connectivity index (χ2n) is 8.03. The van der Waals surface area contributed by atoms with E-state index >= 15 is 0 Å². The number of aromatic nitrogens is 2. The first-order chi connectivity index (χ1) is 15.1. The Labute approximate surface area is 191 Å². The molecule has 0 bridgehead atoms. The molecule has 0 spiro atoms. The van der Waals surface area contributed by atoms with Crippen LogP contribution in [0.25, 0.3) is 10.9 Å². The summed E-state index contributed by atoms with van der Waals surface area (Å²) in [4.78, 5) is 32.7. The number of hydrogen-bond donors (Lipinski definition) is 1. The van der Waals surface area contributed by atoms with Crippen LogP contribution in [0.4, 0.5) is 0 Å². The number of aromatic amines is 1. The molecule has 8 heteroatoms.